The van der Waals surface area contributed by atoms with Crippen LogP contribution in [0.2, 0.25) is 0 Å². The molecule has 0 spiro atoms. The number of hydrogen-bond donors (Lipinski definition) is 0. The van der Waals surface area contributed by atoms with E-state index in [2.05, 4.69) is 0 Å². The summed E-state index contributed by atoms with van der Waals surface area (Å²) in [6.07, 6.45) is 1.90. The number of piperidine rings is 1. The molecule has 2 unspecified atom stereocenters. The molecule has 3 saturated heterocycles. The van der Waals surface area contributed by atoms with Crippen LogP contribution in [0.25, 0.3) is 0 Å². The summed E-state index contributed by atoms with van der Waals surface area (Å²) in [4.78, 5) is 13.7. The zero-order valence-electron chi connectivity index (χ0n) is 10.5. The molecule has 0 saturated carbocycles. The molecule has 0 aliphatic carbocycles. The predicted molar refractivity (Wildman–Crippen MR) is 65.8 cm³/mol. The number of ether oxygens (including phenoxy) is 2. The topological polar surface area (TPSA) is 38.8 Å². The van der Waals surface area contributed by atoms with E-state index in [1.54, 1.807) is 4.90 Å². The van der Waals surface area contributed by atoms with Gasteiger partial charge in [0.05, 0.1) is 6.10 Å². The zero-order valence-corrected chi connectivity index (χ0v) is 10.5. The van der Waals surface area contributed by atoms with Crippen LogP contribution >= 0.6 is 0 Å². The summed E-state index contributed by atoms with van der Waals surface area (Å²) in [7, 11) is 0. The molecule has 1 amide bonds. The van der Waals surface area contributed by atoms with E-state index in [0.717, 1.165) is 24.9 Å². The van der Waals surface area contributed by atoms with Gasteiger partial charge in [-0.25, -0.2) is 4.79 Å². The van der Waals surface area contributed by atoms with Gasteiger partial charge in [0.2, 0.25) is 0 Å². The lowest BCUT2D eigenvalue weighted by molar-refractivity contribution is -0.291. The maximum absolute atomic E-state index is 12.0. The van der Waals surface area contributed by atoms with E-state index in [-0.39, 0.29) is 6.09 Å². The van der Waals surface area contributed by atoms with Crippen LogP contribution in [0.15, 0.2) is 30.3 Å². The summed E-state index contributed by atoms with van der Waals surface area (Å²) in [5.74, 6) is 0. The van der Waals surface area contributed by atoms with Gasteiger partial charge >= 0.3 is 6.09 Å². The molecule has 0 aromatic heterocycles. The van der Waals surface area contributed by atoms with Crippen molar-refractivity contribution in [3.63, 3.8) is 0 Å². The van der Waals surface area contributed by atoms with Gasteiger partial charge in [0.1, 0.15) is 12.3 Å². The van der Waals surface area contributed by atoms with Gasteiger partial charge < -0.3 is 9.47 Å². The van der Waals surface area contributed by atoms with E-state index < -0.39 is 5.72 Å². The molecular formula is C14H17NO3. The van der Waals surface area contributed by atoms with Gasteiger partial charge in [-0.05, 0) is 18.9 Å². The molecular weight excluding hydrogens is 230 g/mol. The van der Waals surface area contributed by atoms with E-state index in [4.69, 9.17) is 9.47 Å². The van der Waals surface area contributed by atoms with Crippen LogP contribution in [0.3, 0.4) is 0 Å². The fourth-order valence-corrected chi connectivity index (χ4v) is 2.70. The second-order valence-corrected chi connectivity index (χ2v) is 5.10. The highest BCUT2D eigenvalue weighted by Crippen LogP contribution is 2.42. The van der Waals surface area contributed by atoms with Crippen molar-refractivity contribution >= 4 is 6.09 Å². The molecule has 0 N–H and O–H groups in total. The molecule has 4 rings (SSSR count). The number of fused-ring (bicyclic) bond motifs is 2. The van der Waals surface area contributed by atoms with E-state index in [1.807, 2.05) is 37.3 Å². The molecule has 2 bridgehead atoms. The van der Waals surface area contributed by atoms with Crippen LogP contribution in [0.1, 0.15) is 25.3 Å². The van der Waals surface area contributed by atoms with Gasteiger partial charge in [0.15, 0.2) is 0 Å². The Balaban J connectivity index is 1.58. The number of nitrogens with zero attached hydrogens (tertiary/aromatic N) is 1. The lowest BCUT2D eigenvalue weighted by Crippen LogP contribution is -2.66. The lowest BCUT2D eigenvalue weighted by Gasteiger charge is -2.56. The maximum Gasteiger partial charge on any atom is 0.412 e. The van der Waals surface area contributed by atoms with Crippen molar-refractivity contribution in [3.8, 4) is 0 Å². The maximum atomic E-state index is 12.0. The van der Waals surface area contributed by atoms with Gasteiger partial charge in [-0.3, -0.25) is 4.90 Å². The minimum absolute atomic E-state index is 0.278. The van der Waals surface area contributed by atoms with Crippen LogP contribution in [-0.2, 0) is 16.1 Å². The molecule has 3 aliphatic rings. The number of carbonyl (C=O) groups excluding carboxylic acids is 1. The largest absolute Gasteiger partial charge is 0.444 e. The summed E-state index contributed by atoms with van der Waals surface area (Å²) in [5.41, 5.74) is 0.567. The molecule has 18 heavy (non-hydrogen) atoms. The average molecular weight is 247 g/mol. The lowest BCUT2D eigenvalue weighted by atomic mass is 9.90. The molecule has 1 aromatic carbocycles. The monoisotopic (exact) mass is 247 g/mol. The molecule has 2 atom stereocenters. The highest BCUT2D eigenvalue weighted by molar-refractivity contribution is 5.69. The third kappa shape index (κ3) is 1.97. The minimum atomic E-state index is -0.434. The molecule has 0 radical (unpaired) electrons. The first-order chi connectivity index (χ1) is 8.67. The summed E-state index contributed by atoms with van der Waals surface area (Å²) in [6.45, 7) is 3.00. The van der Waals surface area contributed by atoms with Crippen LogP contribution in [-0.4, -0.2) is 29.4 Å². The molecule has 1 aromatic rings. The van der Waals surface area contributed by atoms with E-state index >= 15 is 0 Å². The van der Waals surface area contributed by atoms with E-state index in [9.17, 15) is 4.79 Å². The van der Waals surface area contributed by atoms with Crippen molar-refractivity contribution < 1.29 is 14.3 Å². The summed E-state index contributed by atoms with van der Waals surface area (Å²) in [6, 6.07) is 9.71. The fraction of sp³-hybridized carbons (Fsp3) is 0.500. The van der Waals surface area contributed by atoms with Crippen LogP contribution in [0, 0.1) is 0 Å². The highest BCUT2D eigenvalue weighted by Gasteiger charge is 2.52. The highest BCUT2D eigenvalue weighted by atomic mass is 16.6. The fourth-order valence-electron chi connectivity index (χ4n) is 2.70. The van der Waals surface area contributed by atoms with Gasteiger partial charge in [-0.2, -0.15) is 0 Å². The van der Waals surface area contributed by atoms with E-state index in [0.29, 0.717) is 12.7 Å². The van der Waals surface area contributed by atoms with Gasteiger partial charge in [-0.15, -0.1) is 0 Å². The van der Waals surface area contributed by atoms with Gasteiger partial charge in [0.25, 0.3) is 0 Å². The normalized spacial score (nSPS) is 29.6. The first-order valence-corrected chi connectivity index (χ1v) is 6.33. The second-order valence-electron chi connectivity index (χ2n) is 5.10. The average Bonchev–Trinajstić information content (AvgIpc) is 2.36. The Morgan fingerprint density at radius 1 is 1.50 bits per heavy atom. The first-order valence-electron chi connectivity index (χ1n) is 6.33. The number of benzene rings is 1. The third-order valence-corrected chi connectivity index (χ3v) is 3.70. The molecule has 3 aliphatic heterocycles. The van der Waals surface area contributed by atoms with Crippen LogP contribution < -0.4 is 0 Å². The van der Waals surface area contributed by atoms with Crippen LogP contribution in [0.5, 0.6) is 0 Å². The van der Waals surface area contributed by atoms with Crippen molar-refractivity contribution in [1.82, 2.24) is 4.90 Å². The Morgan fingerprint density at radius 2 is 2.22 bits per heavy atom. The van der Waals surface area contributed by atoms with Crippen molar-refractivity contribution in [2.75, 3.05) is 6.54 Å². The number of hydrogen-bond acceptors (Lipinski definition) is 3. The molecule has 96 valence electrons. The first kappa shape index (κ1) is 11.5. The summed E-state index contributed by atoms with van der Waals surface area (Å²) >= 11 is 0. The summed E-state index contributed by atoms with van der Waals surface area (Å²) < 4.78 is 11.0. The third-order valence-electron chi connectivity index (χ3n) is 3.70. The predicted octanol–water partition coefficient (Wildman–Crippen LogP) is 2.53. The van der Waals surface area contributed by atoms with E-state index in [1.165, 1.54) is 0 Å². The van der Waals surface area contributed by atoms with Gasteiger partial charge in [-0.1, -0.05) is 30.3 Å². The molecule has 3 heterocycles. The summed E-state index contributed by atoms with van der Waals surface area (Å²) in [5, 5.41) is 0. The zero-order chi connectivity index (χ0) is 12.6. The van der Waals surface area contributed by atoms with Crippen molar-refractivity contribution in [2.45, 2.75) is 38.2 Å². The number of rotatable bonds is 2. The van der Waals surface area contributed by atoms with Crippen LogP contribution in [0.4, 0.5) is 4.79 Å². The molecule has 4 nitrogen and oxygen atoms in total. The second kappa shape index (κ2) is 4.28. The Bertz CT molecular complexity index is 440. The Hall–Kier alpha value is -1.55. The van der Waals surface area contributed by atoms with Gasteiger partial charge in [0, 0.05) is 13.0 Å². The Labute approximate surface area is 106 Å². The SMILES string of the molecule is CC12CC(CCN1C(=O)OCc1ccccc1)O2. The number of amides is 1. The molecule has 3 fully saturated rings. The quantitative estimate of drug-likeness (QED) is 0.806. The molecule has 4 heteroatoms. The van der Waals surface area contributed by atoms with Crippen molar-refractivity contribution in [1.29, 1.82) is 0 Å². The minimum Gasteiger partial charge on any atom is -0.444 e. The van der Waals surface area contributed by atoms with Crippen molar-refractivity contribution in [2.24, 2.45) is 0 Å². The number of carbonyl (C=O) groups is 1. The smallest absolute Gasteiger partial charge is 0.412 e. The van der Waals surface area contributed by atoms with Crippen molar-refractivity contribution in [3.05, 3.63) is 35.9 Å². The Kier molecular flexibility index (Phi) is 2.74. The Morgan fingerprint density at radius 3 is 2.89 bits per heavy atom. The standard InChI is InChI=1S/C14H17NO3/c1-14-9-12(18-14)7-8-15(14)13(16)17-10-11-5-3-2-4-6-11/h2-6,12H,7-10H2,1H3.